The molecule has 1 fully saturated rings. The number of hydrogen-bond donors (Lipinski definition) is 2. The number of piperidine rings is 1. The highest BCUT2D eigenvalue weighted by atomic mass is 19.1. The number of benzene rings is 2. The fourth-order valence-electron chi connectivity index (χ4n) is 3.88. The largest absolute Gasteiger partial charge is 0.494 e. The molecule has 2 N–H and O–H groups in total. The van der Waals surface area contributed by atoms with E-state index in [1.807, 2.05) is 30.3 Å². The van der Waals surface area contributed by atoms with Crippen LogP contribution in [-0.2, 0) is 6.54 Å². The molecule has 0 radical (unpaired) electrons. The van der Waals surface area contributed by atoms with Crippen LogP contribution in [0.15, 0.2) is 54.9 Å². The Bertz CT molecular complexity index is 1030. The second-order valence-electron chi connectivity index (χ2n) is 7.52. The third kappa shape index (κ3) is 4.68. The van der Waals surface area contributed by atoms with E-state index in [0.29, 0.717) is 6.54 Å². The first kappa shape index (κ1) is 20.1. The predicted molar refractivity (Wildman–Crippen MR) is 115 cm³/mol. The van der Waals surface area contributed by atoms with Crippen LogP contribution in [-0.4, -0.2) is 42.2 Å². The van der Waals surface area contributed by atoms with E-state index in [0.717, 1.165) is 48.0 Å². The van der Waals surface area contributed by atoms with Gasteiger partial charge in [-0.2, -0.15) is 0 Å². The monoisotopic (exact) mass is 408 g/mol. The summed E-state index contributed by atoms with van der Waals surface area (Å²) in [5.74, 6) is -0.0810. The zero-order valence-electron chi connectivity index (χ0n) is 16.9. The molecule has 0 atom stereocenters. The van der Waals surface area contributed by atoms with Crippen LogP contribution >= 0.6 is 0 Å². The van der Waals surface area contributed by atoms with Crippen molar-refractivity contribution in [3.05, 3.63) is 66.2 Å². The topological polar surface area (TPSA) is 66.5 Å². The van der Waals surface area contributed by atoms with E-state index in [2.05, 4.69) is 20.5 Å². The van der Waals surface area contributed by atoms with Crippen LogP contribution in [0.25, 0.3) is 10.8 Å². The first-order valence-electron chi connectivity index (χ1n) is 10.1. The Balaban J connectivity index is 1.28. The van der Waals surface area contributed by atoms with Gasteiger partial charge in [-0.3, -0.25) is 9.88 Å². The van der Waals surface area contributed by atoms with Gasteiger partial charge in [0.15, 0.2) is 11.6 Å². The Labute approximate surface area is 175 Å². The first-order valence-corrected chi connectivity index (χ1v) is 10.1. The molecule has 156 valence electrons. The molecule has 0 saturated carbocycles. The fraction of sp³-hybridized carbons (Fsp3) is 0.304. The van der Waals surface area contributed by atoms with Gasteiger partial charge in [-0.1, -0.05) is 18.2 Å². The summed E-state index contributed by atoms with van der Waals surface area (Å²) in [6.07, 6.45) is 5.20. The van der Waals surface area contributed by atoms with Crippen LogP contribution in [0.4, 0.5) is 14.9 Å². The fourth-order valence-corrected chi connectivity index (χ4v) is 3.88. The van der Waals surface area contributed by atoms with Gasteiger partial charge in [-0.15, -0.1) is 0 Å². The molecule has 1 aliphatic heterocycles. The van der Waals surface area contributed by atoms with Gasteiger partial charge in [0.1, 0.15) is 0 Å². The van der Waals surface area contributed by atoms with Crippen molar-refractivity contribution < 1.29 is 13.9 Å². The summed E-state index contributed by atoms with van der Waals surface area (Å²) in [6.45, 7) is 2.38. The third-order valence-corrected chi connectivity index (χ3v) is 5.47. The Morgan fingerprint density at radius 2 is 2.07 bits per heavy atom. The van der Waals surface area contributed by atoms with Gasteiger partial charge in [-0.25, -0.2) is 9.18 Å². The lowest BCUT2D eigenvalue weighted by atomic mass is 10.0. The number of rotatable bonds is 5. The molecule has 2 amide bonds. The summed E-state index contributed by atoms with van der Waals surface area (Å²) in [4.78, 5) is 18.9. The molecule has 30 heavy (non-hydrogen) atoms. The number of hydrogen-bond acceptors (Lipinski definition) is 4. The summed E-state index contributed by atoms with van der Waals surface area (Å²) in [5, 5.41) is 7.97. The van der Waals surface area contributed by atoms with E-state index < -0.39 is 0 Å². The molecule has 2 heterocycles. The summed E-state index contributed by atoms with van der Waals surface area (Å²) in [7, 11) is 1.46. The summed E-state index contributed by atoms with van der Waals surface area (Å²) in [5.41, 5.74) is 1.69. The predicted octanol–water partition coefficient (Wildman–Crippen LogP) is 4.17. The number of anilines is 1. The number of methoxy groups -OCH3 is 1. The maximum absolute atomic E-state index is 13.9. The summed E-state index contributed by atoms with van der Waals surface area (Å²) in [6, 6.07) is 12.6. The average molecular weight is 408 g/mol. The van der Waals surface area contributed by atoms with Crippen molar-refractivity contribution >= 4 is 22.5 Å². The lowest BCUT2D eigenvalue weighted by Gasteiger charge is -2.32. The number of aromatic nitrogens is 1. The van der Waals surface area contributed by atoms with E-state index in [1.54, 1.807) is 18.5 Å². The molecule has 6 nitrogen and oxygen atoms in total. The Kier molecular flexibility index (Phi) is 6.09. The van der Waals surface area contributed by atoms with Crippen molar-refractivity contribution in [3.8, 4) is 5.75 Å². The molecule has 1 saturated heterocycles. The van der Waals surface area contributed by atoms with Gasteiger partial charge in [0, 0.05) is 48.8 Å². The molecule has 4 rings (SSSR count). The van der Waals surface area contributed by atoms with Crippen molar-refractivity contribution in [1.29, 1.82) is 0 Å². The SMILES string of the molecule is COc1ccc(CN2CCC(NC(=O)Nc3cccc4cnccc34)CC2)cc1F. The third-order valence-electron chi connectivity index (χ3n) is 5.47. The minimum atomic E-state index is -0.340. The molecule has 7 heteroatoms. The minimum Gasteiger partial charge on any atom is -0.494 e. The molecule has 0 bridgehead atoms. The number of pyridine rings is 1. The van der Waals surface area contributed by atoms with E-state index in [1.165, 1.54) is 13.2 Å². The highest BCUT2D eigenvalue weighted by Crippen LogP contribution is 2.23. The second kappa shape index (κ2) is 9.09. The Morgan fingerprint density at radius 1 is 1.23 bits per heavy atom. The molecule has 1 aromatic heterocycles. The van der Waals surface area contributed by atoms with Crippen LogP contribution in [0.1, 0.15) is 18.4 Å². The first-order chi connectivity index (χ1) is 14.6. The number of amides is 2. The zero-order chi connectivity index (χ0) is 20.9. The lowest BCUT2D eigenvalue weighted by molar-refractivity contribution is 0.189. The zero-order valence-corrected chi connectivity index (χ0v) is 16.9. The average Bonchev–Trinajstić information content (AvgIpc) is 2.75. The van der Waals surface area contributed by atoms with Crippen LogP contribution < -0.4 is 15.4 Å². The van der Waals surface area contributed by atoms with Crippen molar-refractivity contribution in [2.75, 3.05) is 25.5 Å². The number of carbonyl (C=O) groups excluding carboxylic acids is 1. The molecule has 0 aliphatic carbocycles. The highest BCUT2D eigenvalue weighted by molar-refractivity contribution is 6.01. The number of likely N-dealkylation sites (tertiary alicyclic amines) is 1. The number of ether oxygens (including phenoxy) is 1. The number of nitrogens with one attached hydrogen (secondary N) is 2. The van der Waals surface area contributed by atoms with Crippen LogP contribution in [0.2, 0.25) is 0 Å². The maximum Gasteiger partial charge on any atom is 0.319 e. The molecular formula is C23H25FN4O2. The van der Waals surface area contributed by atoms with E-state index >= 15 is 0 Å². The smallest absolute Gasteiger partial charge is 0.319 e. The van der Waals surface area contributed by atoms with Gasteiger partial charge in [0.25, 0.3) is 0 Å². The second-order valence-corrected chi connectivity index (χ2v) is 7.52. The molecule has 3 aromatic rings. The van der Waals surface area contributed by atoms with Crippen LogP contribution in [0.5, 0.6) is 5.75 Å². The van der Waals surface area contributed by atoms with Crippen LogP contribution in [0, 0.1) is 5.82 Å². The van der Waals surface area contributed by atoms with Gasteiger partial charge in [-0.05, 0) is 42.7 Å². The van der Waals surface area contributed by atoms with Crippen LogP contribution in [0.3, 0.4) is 0 Å². The van der Waals surface area contributed by atoms with E-state index in [-0.39, 0.29) is 23.6 Å². The van der Waals surface area contributed by atoms with Crippen molar-refractivity contribution in [1.82, 2.24) is 15.2 Å². The number of halogens is 1. The summed E-state index contributed by atoms with van der Waals surface area (Å²) >= 11 is 0. The quantitative estimate of drug-likeness (QED) is 0.665. The number of urea groups is 1. The minimum absolute atomic E-state index is 0.116. The molecule has 2 aromatic carbocycles. The molecule has 1 aliphatic rings. The standard InChI is InChI=1S/C23H25FN4O2/c1-30-22-6-5-16(13-20(22)24)15-28-11-8-18(9-12-28)26-23(29)27-21-4-2-3-17-14-25-10-7-19(17)21/h2-7,10,13-14,18H,8-9,11-12,15H2,1H3,(H2,26,27,29). The molecular weight excluding hydrogens is 383 g/mol. The number of fused-ring (bicyclic) bond motifs is 1. The Morgan fingerprint density at radius 3 is 2.83 bits per heavy atom. The van der Waals surface area contributed by atoms with Gasteiger partial charge in [0.05, 0.1) is 12.8 Å². The van der Waals surface area contributed by atoms with Gasteiger partial charge < -0.3 is 15.4 Å². The van der Waals surface area contributed by atoms with E-state index in [4.69, 9.17) is 4.74 Å². The summed E-state index contributed by atoms with van der Waals surface area (Å²) < 4.78 is 18.9. The number of nitrogens with zero attached hydrogens (tertiary/aromatic N) is 2. The number of carbonyl (C=O) groups is 1. The normalized spacial score (nSPS) is 15.1. The highest BCUT2D eigenvalue weighted by Gasteiger charge is 2.21. The van der Waals surface area contributed by atoms with Crippen molar-refractivity contribution in [2.45, 2.75) is 25.4 Å². The molecule has 0 unspecified atom stereocenters. The van der Waals surface area contributed by atoms with E-state index in [9.17, 15) is 9.18 Å². The Hall–Kier alpha value is -3.19. The van der Waals surface area contributed by atoms with Crippen molar-refractivity contribution in [3.63, 3.8) is 0 Å². The lowest BCUT2D eigenvalue weighted by Crippen LogP contribution is -2.45. The maximum atomic E-state index is 13.9. The molecule has 0 spiro atoms. The van der Waals surface area contributed by atoms with Gasteiger partial charge >= 0.3 is 6.03 Å². The van der Waals surface area contributed by atoms with Gasteiger partial charge in [0.2, 0.25) is 0 Å². The van der Waals surface area contributed by atoms with Crippen molar-refractivity contribution in [2.24, 2.45) is 0 Å².